The zero-order valence-corrected chi connectivity index (χ0v) is 13.6. The molecule has 0 radical (unpaired) electrons. The van der Waals surface area contributed by atoms with Gasteiger partial charge in [0.05, 0.1) is 4.92 Å². The molecule has 0 amide bonds. The number of nitro groups is 1. The Kier molecular flexibility index (Phi) is 4.78. The van der Waals surface area contributed by atoms with E-state index in [4.69, 9.17) is 4.74 Å². The highest BCUT2D eigenvalue weighted by atomic mass is 19.1. The number of piperidine rings is 1. The molecule has 0 bridgehead atoms. The second-order valence-corrected chi connectivity index (χ2v) is 5.99. The second kappa shape index (κ2) is 7.00. The first kappa shape index (κ1) is 17.1. The molecule has 2 aromatic rings. The van der Waals surface area contributed by atoms with Gasteiger partial charge in [0.15, 0.2) is 11.6 Å². The average molecular weight is 349 g/mol. The van der Waals surface area contributed by atoms with Crippen LogP contribution < -0.4 is 9.64 Å². The average Bonchev–Trinajstić information content (AvgIpc) is 2.58. The maximum atomic E-state index is 13.7. The number of nitrogens with zero attached hydrogens (tertiary/aromatic N) is 3. The van der Waals surface area contributed by atoms with Crippen molar-refractivity contribution in [3.05, 3.63) is 57.8 Å². The summed E-state index contributed by atoms with van der Waals surface area (Å²) in [5.74, 6) is -1.04. The van der Waals surface area contributed by atoms with Crippen molar-refractivity contribution in [3.8, 4) is 5.75 Å². The number of pyridine rings is 1. The zero-order valence-electron chi connectivity index (χ0n) is 13.6. The van der Waals surface area contributed by atoms with E-state index in [1.165, 1.54) is 12.1 Å². The van der Waals surface area contributed by atoms with Gasteiger partial charge in [-0.3, -0.25) is 10.1 Å². The summed E-state index contributed by atoms with van der Waals surface area (Å²) in [6.45, 7) is 2.76. The van der Waals surface area contributed by atoms with Crippen molar-refractivity contribution in [1.29, 1.82) is 0 Å². The Hall–Kier alpha value is -2.77. The maximum Gasteiger partial charge on any atom is 0.311 e. The summed E-state index contributed by atoms with van der Waals surface area (Å²) in [6, 6.07) is 4.69. The van der Waals surface area contributed by atoms with Crippen LogP contribution in [0.5, 0.6) is 5.75 Å². The Balaban J connectivity index is 1.67. The molecule has 1 aliphatic rings. The van der Waals surface area contributed by atoms with Gasteiger partial charge in [-0.05, 0) is 24.6 Å². The molecule has 2 heterocycles. The minimum Gasteiger partial charge on any atom is -0.487 e. The molecule has 1 fully saturated rings. The van der Waals surface area contributed by atoms with Gasteiger partial charge in [0.1, 0.15) is 11.9 Å². The first-order valence-electron chi connectivity index (χ1n) is 7.91. The minimum atomic E-state index is -0.738. The number of benzene rings is 1. The lowest BCUT2D eigenvalue weighted by Crippen LogP contribution is -2.39. The summed E-state index contributed by atoms with van der Waals surface area (Å²) in [5, 5.41) is 11.2. The number of aromatic nitrogens is 1. The van der Waals surface area contributed by atoms with Gasteiger partial charge in [-0.25, -0.2) is 13.8 Å². The monoisotopic (exact) mass is 349 g/mol. The summed E-state index contributed by atoms with van der Waals surface area (Å²) in [7, 11) is 0. The van der Waals surface area contributed by atoms with E-state index in [1.54, 1.807) is 13.1 Å². The molecule has 0 aliphatic carbocycles. The first-order valence-corrected chi connectivity index (χ1v) is 7.91. The predicted octanol–water partition coefficient (Wildman–Crippen LogP) is 3.62. The molecule has 132 valence electrons. The smallest absolute Gasteiger partial charge is 0.311 e. The summed E-state index contributed by atoms with van der Waals surface area (Å²) < 4.78 is 32.2. The third kappa shape index (κ3) is 3.84. The van der Waals surface area contributed by atoms with E-state index in [0.29, 0.717) is 31.7 Å². The molecule has 6 nitrogen and oxygen atoms in total. The molecule has 1 aromatic carbocycles. The van der Waals surface area contributed by atoms with Gasteiger partial charge in [-0.2, -0.15) is 0 Å². The topological polar surface area (TPSA) is 68.5 Å². The SMILES string of the molecule is Cc1cnc(N2CCC(Oc3ccc(F)cc3F)CC2)c([N+](=O)[O-])c1. The molecule has 0 spiro atoms. The van der Waals surface area contributed by atoms with Crippen molar-refractivity contribution in [1.82, 2.24) is 4.98 Å². The Morgan fingerprint density at radius 3 is 2.64 bits per heavy atom. The minimum absolute atomic E-state index is 0.0132. The lowest BCUT2D eigenvalue weighted by molar-refractivity contribution is -0.384. The van der Waals surface area contributed by atoms with Crippen molar-refractivity contribution >= 4 is 11.5 Å². The molecular weight excluding hydrogens is 332 g/mol. The van der Waals surface area contributed by atoms with E-state index in [-0.39, 0.29) is 17.5 Å². The highest BCUT2D eigenvalue weighted by Crippen LogP contribution is 2.30. The fourth-order valence-corrected chi connectivity index (χ4v) is 2.86. The number of hydrogen-bond acceptors (Lipinski definition) is 5. The Labute approximate surface area is 143 Å². The zero-order chi connectivity index (χ0) is 18.0. The largest absolute Gasteiger partial charge is 0.487 e. The lowest BCUT2D eigenvalue weighted by atomic mass is 10.1. The van der Waals surface area contributed by atoms with Gasteiger partial charge in [-0.15, -0.1) is 0 Å². The molecule has 0 N–H and O–H groups in total. The molecule has 1 aromatic heterocycles. The van der Waals surface area contributed by atoms with E-state index < -0.39 is 16.6 Å². The number of halogens is 2. The summed E-state index contributed by atoms with van der Waals surface area (Å²) in [4.78, 5) is 16.8. The Morgan fingerprint density at radius 1 is 1.28 bits per heavy atom. The van der Waals surface area contributed by atoms with Crippen LogP contribution in [0.4, 0.5) is 20.3 Å². The highest BCUT2D eigenvalue weighted by Gasteiger charge is 2.27. The molecular formula is C17H17F2N3O3. The summed E-state index contributed by atoms with van der Waals surface area (Å²) >= 11 is 0. The van der Waals surface area contributed by atoms with E-state index in [0.717, 1.165) is 17.7 Å². The van der Waals surface area contributed by atoms with Crippen molar-refractivity contribution in [2.24, 2.45) is 0 Å². The number of anilines is 1. The second-order valence-electron chi connectivity index (χ2n) is 5.99. The molecule has 1 saturated heterocycles. The lowest BCUT2D eigenvalue weighted by Gasteiger charge is -2.32. The van der Waals surface area contributed by atoms with Crippen molar-refractivity contribution in [2.75, 3.05) is 18.0 Å². The van der Waals surface area contributed by atoms with Crippen LogP contribution in [-0.4, -0.2) is 29.1 Å². The number of aryl methyl sites for hydroxylation is 1. The molecule has 1 aliphatic heterocycles. The molecule has 0 saturated carbocycles. The number of ether oxygens (including phenoxy) is 1. The molecule has 25 heavy (non-hydrogen) atoms. The summed E-state index contributed by atoms with van der Waals surface area (Å²) in [6.07, 6.45) is 2.48. The van der Waals surface area contributed by atoms with Gasteiger partial charge in [-0.1, -0.05) is 0 Å². The van der Waals surface area contributed by atoms with E-state index in [1.807, 2.05) is 4.90 Å². The maximum absolute atomic E-state index is 13.7. The van der Waals surface area contributed by atoms with E-state index in [9.17, 15) is 18.9 Å². The standard InChI is InChI=1S/C17H17F2N3O3/c1-11-8-15(22(23)24)17(20-10-11)21-6-4-13(5-7-21)25-16-3-2-12(18)9-14(16)19/h2-3,8-10,13H,4-7H2,1H3. The number of hydrogen-bond donors (Lipinski definition) is 0. The van der Waals surface area contributed by atoms with Gasteiger partial charge >= 0.3 is 5.69 Å². The molecule has 0 unspecified atom stereocenters. The van der Waals surface area contributed by atoms with Crippen LogP contribution in [0.15, 0.2) is 30.5 Å². The van der Waals surface area contributed by atoms with Gasteiger partial charge in [0, 0.05) is 44.3 Å². The van der Waals surface area contributed by atoms with Crippen LogP contribution in [0.25, 0.3) is 0 Å². The van der Waals surface area contributed by atoms with E-state index >= 15 is 0 Å². The fourth-order valence-electron chi connectivity index (χ4n) is 2.86. The van der Waals surface area contributed by atoms with Gasteiger partial charge in [0.25, 0.3) is 0 Å². The first-order chi connectivity index (χ1) is 11.9. The van der Waals surface area contributed by atoms with Gasteiger partial charge in [0.2, 0.25) is 5.82 Å². The van der Waals surface area contributed by atoms with Crippen LogP contribution in [0.1, 0.15) is 18.4 Å². The van der Waals surface area contributed by atoms with E-state index in [2.05, 4.69) is 4.98 Å². The Morgan fingerprint density at radius 2 is 2.00 bits per heavy atom. The highest BCUT2D eigenvalue weighted by molar-refractivity contribution is 5.58. The van der Waals surface area contributed by atoms with Crippen LogP contribution >= 0.6 is 0 Å². The fraction of sp³-hybridized carbons (Fsp3) is 0.353. The normalized spacial score (nSPS) is 15.2. The van der Waals surface area contributed by atoms with Crippen LogP contribution in [0.3, 0.4) is 0 Å². The van der Waals surface area contributed by atoms with Crippen LogP contribution in [0.2, 0.25) is 0 Å². The van der Waals surface area contributed by atoms with Gasteiger partial charge < -0.3 is 9.64 Å². The molecule has 8 heteroatoms. The number of rotatable bonds is 4. The van der Waals surface area contributed by atoms with Crippen LogP contribution in [-0.2, 0) is 0 Å². The van der Waals surface area contributed by atoms with Crippen molar-refractivity contribution in [3.63, 3.8) is 0 Å². The van der Waals surface area contributed by atoms with Crippen molar-refractivity contribution in [2.45, 2.75) is 25.9 Å². The Bertz CT molecular complexity index is 793. The summed E-state index contributed by atoms with van der Waals surface area (Å²) in [5.41, 5.74) is 0.699. The molecule has 0 atom stereocenters. The third-order valence-electron chi connectivity index (χ3n) is 4.11. The molecule has 3 rings (SSSR count). The third-order valence-corrected chi connectivity index (χ3v) is 4.11. The van der Waals surface area contributed by atoms with Crippen molar-refractivity contribution < 1.29 is 18.4 Å². The predicted molar refractivity (Wildman–Crippen MR) is 87.8 cm³/mol. The van der Waals surface area contributed by atoms with Crippen LogP contribution in [0, 0.1) is 28.7 Å². The quantitative estimate of drug-likeness (QED) is 0.623.